The van der Waals surface area contributed by atoms with E-state index in [0.717, 1.165) is 0 Å². The van der Waals surface area contributed by atoms with E-state index in [4.69, 9.17) is 0 Å². The fourth-order valence-corrected chi connectivity index (χ4v) is 3.22. The molecule has 1 saturated heterocycles. The topological polar surface area (TPSA) is 12.0 Å². The summed E-state index contributed by atoms with van der Waals surface area (Å²) in [5.41, 5.74) is 3.99. The van der Waals surface area contributed by atoms with E-state index in [-0.39, 0.29) is 0 Å². The molecule has 2 heteroatoms. The maximum Gasteiger partial charge on any atom is 0.0352 e. The van der Waals surface area contributed by atoms with Crippen LogP contribution in [-0.4, -0.2) is 17.5 Å². The average Bonchev–Trinajstić information content (AvgIpc) is 2.17. The van der Waals surface area contributed by atoms with Crippen LogP contribution in [0.1, 0.15) is 24.0 Å². The number of rotatable bonds is 2. The lowest BCUT2D eigenvalue weighted by molar-refractivity contribution is 0.685. The highest BCUT2D eigenvalue weighted by atomic mass is 32.2. The molecule has 82 valence electrons. The number of thioether (sulfide) groups is 1. The van der Waals surface area contributed by atoms with Crippen molar-refractivity contribution in [2.45, 2.75) is 32.7 Å². The molecule has 1 atom stereocenters. The predicted octanol–water partition coefficient (Wildman–Crippen LogP) is 3.61. The van der Waals surface area contributed by atoms with Crippen LogP contribution in [0.3, 0.4) is 0 Å². The normalized spacial score (nSPS) is 21.3. The highest BCUT2D eigenvalue weighted by Gasteiger charge is 2.13. The summed E-state index contributed by atoms with van der Waals surface area (Å²) < 4.78 is 0. The van der Waals surface area contributed by atoms with Crippen LogP contribution in [0.2, 0.25) is 0 Å². The Bertz CT molecular complexity index is 309. The summed E-state index contributed by atoms with van der Waals surface area (Å²) in [5.74, 6) is 2.60. The Balaban J connectivity index is 2.02. The van der Waals surface area contributed by atoms with E-state index in [1.807, 2.05) is 0 Å². The third-order valence-corrected chi connectivity index (χ3v) is 3.97. The van der Waals surface area contributed by atoms with Crippen LogP contribution in [0, 0.1) is 13.8 Å². The molecule has 1 nitrogen and oxygen atoms in total. The lowest BCUT2D eigenvalue weighted by Crippen LogP contribution is -2.25. The summed E-state index contributed by atoms with van der Waals surface area (Å²) in [4.78, 5) is 0. The van der Waals surface area contributed by atoms with Crippen LogP contribution in [0.5, 0.6) is 0 Å². The summed E-state index contributed by atoms with van der Waals surface area (Å²) >= 11 is 2.07. The van der Waals surface area contributed by atoms with Crippen molar-refractivity contribution in [1.82, 2.24) is 0 Å². The molecule has 1 aromatic carbocycles. The zero-order valence-electron chi connectivity index (χ0n) is 9.55. The Labute approximate surface area is 96.7 Å². The van der Waals surface area contributed by atoms with Gasteiger partial charge in [-0.25, -0.2) is 0 Å². The van der Waals surface area contributed by atoms with Gasteiger partial charge in [-0.15, -0.1) is 0 Å². The molecule has 1 heterocycles. The van der Waals surface area contributed by atoms with Crippen molar-refractivity contribution in [3.63, 3.8) is 0 Å². The molecule has 0 unspecified atom stereocenters. The van der Waals surface area contributed by atoms with Crippen molar-refractivity contribution in [2.75, 3.05) is 16.8 Å². The quantitative estimate of drug-likeness (QED) is 0.818. The van der Waals surface area contributed by atoms with Crippen molar-refractivity contribution in [2.24, 2.45) is 0 Å². The van der Waals surface area contributed by atoms with E-state index in [1.165, 1.54) is 41.2 Å². The Morgan fingerprint density at radius 3 is 2.53 bits per heavy atom. The minimum Gasteiger partial charge on any atom is -0.381 e. The first-order chi connectivity index (χ1) is 7.24. The second-order valence-electron chi connectivity index (χ2n) is 4.43. The third kappa shape index (κ3) is 3.16. The molecule has 1 fully saturated rings. The average molecular weight is 221 g/mol. The molecule has 0 spiro atoms. The smallest absolute Gasteiger partial charge is 0.0352 e. The largest absolute Gasteiger partial charge is 0.381 e. The Kier molecular flexibility index (Phi) is 3.57. The van der Waals surface area contributed by atoms with E-state index in [2.05, 4.69) is 49.1 Å². The number of aryl methyl sites for hydroxylation is 2. The van der Waals surface area contributed by atoms with Gasteiger partial charge in [0.1, 0.15) is 0 Å². The maximum absolute atomic E-state index is 3.64. The van der Waals surface area contributed by atoms with Crippen LogP contribution in [0.25, 0.3) is 0 Å². The Morgan fingerprint density at radius 1 is 1.20 bits per heavy atom. The zero-order valence-corrected chi connectivity index (χ0v) is 10.4. The van der Waals surface area contributed by atoms with E-state index in [1.54, 1.807) is 0 Å². The maximum atomic E-state index is 3.64. The molecule has 2 rings (SSSR count). The van der Waals surface area contributed by atoms with Crippen molar-refractivity contribution in [3.8, 4) is 0 Å². The van der Waals surface area contributed by atoms with Gasteiger partial charge in [-0.2, -0.15) is 11.8 Å². The predicted molar refractivity (Wildman–Crippen MR) is 69.9 cm³/mol. The molecule has 1 aliphatic rings. The Morgan fingerprint density at radius 2 is 1.93 bits per heavy atom. The van der Waals surface area contributed by atoms with Gasteiger partial charge in [-0.3, -0.25) is 0 Å². The van der Waals surface area contributed by atoms with Crippen molar-refractivity contribution in [3.05, 3.63) is 29.3 Å². The lowest BCUT2D eigenvalue weighted by Gasteiger charge is -2.23. The van der Waals surface area contributed by atoms with Crippen LogP contribution >= 0.6 is 11.8 Å². The first-order valence-corrected chi connectivity index (χ1v) is 6.82. The van der Waals surface area contributed by atoms with Crippen LogP contribution in [0.15, 0.2) is 18.2 Å². The molecule has 1 aliphatic heterocycles. The lowest BCUT2D eigenvalue weighted by atomic mass is 10.1. The number of benzene rings is 1. The highest BCUT2D eigenvalue weighted by Crippen LogP contribution is 2.22. The first kappa shape index (κ1) is 10.9. The van der Waals surface area contributed by atoms with E-state index < -0.39 is 0 Å². The number of anilines is 1. The fourth-order valence-electron chi connectivity index (χ4n) is 2.15. The van der Waals surface area contributed by atoms with Gasteiger partial charge in [0.05, 0.1) is 0 Å². The summed E-state index contributed by atoms with van der Waals surface area (Å²) in [6.45, 7) is 4.32. The van der Waals surface area contributed by atoms with Crippen LogP contribution in [0.4, 0.5) is 5.69 Å². The van der Waals surface area contributed by atoms with E-state index >= 15 is 0 Å². The van der Waals surface area contributed by atoms with Gasteiger partial charge in [0.2, 0.25) is 0 Å². The van der Waals surface area contributed by atoms with Crippen molar-refractivity contribution in [1.29, 1.82) is 0 Å². The second kappa shape index (κ2) is 4.93. The van der Waals surface area contributed by atoms with Crippen molar-refractivity contribution < 1.29 is 0 Å². The molecular weight excluding hydrogens is 202 g/mol. The van der Waals surface area contributed by atoms with Gasteiger partial charge >= 0.3 is 0 Å². The molecule has 0 bridgehead atoms. The minimum absolute atomic E-state index is 0.671. The first-order valence-electron chi connectivity index (χ1n) is 5.66. The molecular formula is C13H19NS. The van der Waals surface area contributed by atoms with E-state index in [9.17, 15) is 0 Å². The van der Waals surface area contributed by atoms with E-state index in [0.29, 0.717) is 6.04 Å². The van der Waals surface area contributed by atoms with Crippen LogP contribution < -0.4 is 5.32 Å². The fraction of sp³-hybridized carbons (Fsp3) is 0.538. The molecule has 15 heavy (non-hydrogen) atoms. The SMILES string of the molecule is Cc1cc(C)cc(N[C@@H]2CCCSC2)c1. The van der Waals surface area contributed by atoms with Gasteiger partial charge in [0.25, 0.3) is 0 Å². The summed E-state index contributed by atoms with van der Waals surface area (Å²) in [5, 5.41) is 3.64. The summed E-state index contributed by atoms with van der Waals surface area (Å²) in [6.07, 6.45) is 2.67. The summed E-state index contributed by atoms with van der Waals surface area (Å²) in [7, 11) is 0. The molecule has 0 radical (unpaired) electrons. The molecule has 1 N–H and O–H groups in total. The molecule has 1 aromatic rings. The van der Waals surface area contributed by atoms with Crippen LogP contribution in [-0.2, 0) is 0 Å². The zero-order chi connectivity index (χ0) is 10.7. The molecule has 0 amide bonds. The third-order valence-electron chi connectivity index (χ3n) is 2.75. The van der Waals surface area contributed by atoms with Gasteiger partial charge in [0.15, 0.2) is 0 Å². The molecule has 0 saturated carbocycles. The van der Waals surface area contributed by atoms with Gasteiger partial charge in [-0.1, -0.05) is 6.07 Å². The molecule has 0 aromatic heterocycles. The highest BCUT2D eigenvalue weighted by molar-refractivity contribution is 7.99. The molecule has 0 aliphatic carbocycles. The minimum atomic E-state index is 0.671. The van der Waals surface area contributed by atoms with Crippen molar-refractivity contribution >= 4 is 17.4 Å². The van der Waals surface area contributed by atoms with Gasteiger partial charge in [-0.05, 0) is 55.7 Å². The standard InChI is InChI=1S/C13H19NS/c1-10-6-11(2)8-13(7-10)14-12-4-3-5-15-9-12/h6-8,12,14H,3-5,9H2,1-2H3/t12-/m1/s1. The van der Waals surface area contributed by atoms with Gasteiger partial charge < -0.3 is 5.32 Å². The number of hydrogen-bond acceptors (Lipinski definition) is 2. The van der Waals surface area contributed by atoms with Gasteiger partial charge in [0, 0.05) is 17.5 Å². The Hall–Kier alpha value is -0.630. The second-order valence-corrected chi connectivity index (χ2v) is 5.58. The number of hydrogen-bond donors (Lipinski definition) is 1. The summed E-state index contributed by atoms with van der Waals surface area (Å²) in [6, 6.07) is 7.38. The monoisotopic (exact) mass is 221 g/mol. The number of nitrogens with one attached hydrogen (secondary N) is 1.